The van der Waals surface area contributed by atoms with Crippen LogP contribution in [0.3, 0.4) is 0 Å². The van der Waals surface area contributed by atoms with Crippen LogP contribution in [0.25, 0.3) is 10.9 Å². The first-order valence-electron chi connectivity index (χ1n) is 10.7. The average molecular weight is 462 g/mol. The summed E-state index contributed by atoms with van der Waals surface area (Å²) in [5.41, 5.74) is 4.95. The van der Waals surface area contributed by atoms with E-state index in [1.54, 1.807) is 38.5 Å². The molecule has 0 saturated carbocycles. The van der Waals surface area contributed by atoms with E-state index >= 15 is 0 Å². The highest BCUT2D eigenvalue weighted by molar-refractivity contribution is 6.30. The molecule has 168 valence electrons. The van der Waals surface area contributed by atoms with Crippen molar-refractivity contribution in [1.29, 1.82) is 0 Å². The molecule has 2 N–H and O–H groups in total. The van der Waals surface area contributed by atoms with Crippen molar-refractivity contribution in [2.75, 3.05) is 26.1 Å². The molecule has 0 unspecified atom stereocenters. The van der Waals surface area contributed by atoms with Gasteiger partial charge < -0.3 is 24.7 Å². The molecular formula is C26H24ClN3O3. The number of H-pyrrole nitrogens is 1. The van der Waals surface area contributed by atoms with Gasteiger partial charge >= 0.3 is 6.03 Å². The minimum Gasteiger partial charge on any atom is -0.497 e. The third-order valence-corrected chi connectivity index (χ3v) is 6.37. The predicted molar refractivity (Wildman–Crippen MR) is 131 cm³/mol. The minimum absolute atomic E-state index is 0.167. The summed E-state index contributed by atoms with van der Waals surface area (Å²) < 4.78 is 10.8. The molecule has 1 aromatic heterocycles. The number of urea groups is 1. The molecule has 33 heavy (non-hydrogen) atoms. The first-order chi connectivity index (χ1) is 16.1. The number of anilines is 1. The van der Waals surface area contributed by atoms with Gasteiger partial charge in [-0.25, -0.2) is 4.79 Å². The molecule has 6 nitrogen and oxygen atoms in total. The number of methoxy groups -OCH3 is 2. The number of rotatable bonds is 4. The maximum absolute atomic E-state index is 13.4. The van der Waals surface area contributed by atoms with Crippen LogP contribution in [-0.4, -0.2) is 36.7 Å². The predicted octanol–water partition coefficient (Wildman–Crippen LogP) is 6.02. The number of benzene rings is 3. The SMILES string of the molecule is COc1ccc([C@@H]2c3[nH]c4ccc(OC)cc4c3CCN2C(=O)Nc2ccc(Cl)cc2)cc1. The van der Waals surface area contributed by atoms with Gasteiger partial charge in [0.25, 0.3) is 0 Å². The monoisotopic (exact) mass is 461 g/mol. The molecule has 0 fully saturated rings. The van der Waals surface area contributed by atoms with Gasteiger partial charge in [0, 0.05) is 33.9 Å². The van der Waals surface area contributed by atoms with Crippen LogP contribution in [0.1, 0.15) is 22.9 Å². The number of carbonyl (C=O) groups is 1. The topological polar surface area (TPSA) is 66.6 Å². The van der Waals surface area contributed by atoms with Gasteiger partial charge in [-0.1, -0.05) is 23.7 Å². The van der Waals surface area contributed by atoms with E-state index < -0.39 is 0 Å². The summed E-state index contributed by atoms with van der Waals surface area (Å²) in [7, 11) is 3.31. The van der Waals surface area contributed by atoms with Crippen molar-refractivity contribution < 1.29 is 14.3 Å². The third-order valence-electron chi connectivity index (χ3n) is 6.12. The zero-order valence-corrected chi connectivity index (χ0v) is 19.1. The lowest BCUT2D eigenvalue weighted by Crippen LogP contribution is -2.43. The Hall–Kier alpha value is -3.64. The molecule has 0 bridgehead atoms. The zero-order valence-electron chi connectivity index (χ0n) is 18.4. The van der Waals surface area contributed by atoms with Crippen molar-refractivity contribution in [2.24, 2.45) is 0 Å². The lowest BCUT2D eigenvalue weighted by atomic mass is 9.92. The summed E-state index contributed by atoms with van der Waals surface area (Å²) in [5, 5.41) is 4.76. The van der Waals surface area contributed by atoms with Crippen molar-refractivity contribution in [2.45, 2.75) is 12.5 Å². The highest BCUT2D eigenvalue weighted by Crippen LogP contribution is 2.40. The molecule has 0 aliphatic carbocycles. The first kappa shape index (κ1) is 21.2. The Bertz CT molecular complexity index is 1300. The van der Waals surface area contributed by atoms with Gasteiger partial charge in [-0.2, -0.15) is 0 Å². The van der Waals surface area contributed by atoms with E-state index in [1.165, 1.54) is 5.56 Å². The molecule has 1 aliphatic rings. The van der Waals surface area contributed by atoms with E-state index in [9.17, 15) is 4.79 Å². The van der Waals surface area contributed by atoms with Crippen LogP contribution in [0.5, 0.6) is 11.5 Å². The van der Waals surface area contributed by atoms with Crippen LogP contribution < -0.4 is 14.8 Å². The zero-order chi connectivity index (χ0) is 22.9. The van der Waals surface area contributed by atoms with Gasteiger partial charge in [0.1, 0.15) is 11.5 Å². The van der Waals surface area contributed by atoms with E-state index in [1.807, 2.05) is 41.3 Å². The normalized spacial score (nSPS) is 15.2. The van der Waals surface area contributed by atoms with E-state index in [0.29, 0.717) is 17.3 Å². The molecular weight excluding hydrogens is 438 g/mol. The number of fused-ring (bicyclic) bond motifs is 3. The fourth-order valence-electron chi connectivity index (χ4n) is 4.47. The number of nitrogens with zero attached hydrogens (tertiary/aromatic N) is 1. The lowest BCUT2D eigenvalue weighted by molar-refractivity contribution is 0.193. The number of aromatic nitrogens is 1. The van der Waals surface area contributed by atoms with Crippen molar-refractivity contribution >= 4 is 34.2 Å². The maximum atomic E-state index is 13.4. The second-order valence-electron chi connectivity index (χ2n) is 7.98. The maximum Gasteiger partial charge on any atom is 0.322 e. The van der Waals surface area contributed by atoms with Crippen molar-refractivity contribution in [1.82, 2.24) is 9.88 Å². The van der Waals surface area contributed by atoms with Crippen LogP contribution in [0.4, 0.5) is 10.5 Å². The van der Waals surface area contributed by atoms with Crippen LogP contribution >= 0.6 is 11.6 Å². The summed E-state index contributed by atoms with van der Waals surface area (Å²) >= 11 is 5.99. The quantitative estimate of drug-likeness (QED) is 0.390. The highest BCUT2D eigenvalue weighted by atomic mass is 35.5. The average Bonchev–Trinajstić information content (AvgIpc) is 3.22. The van der Waals surface area contributed by atoms with Crippen LogP contribution in [-0.2, 0) is 6.42 Å². The van der Waals surface area contributed by atoms with Gasteiger partial charge in [-0.05, 0) is 72.1 Å². The Morgan fingerprint density at radius 2 is 1.70 bits per heavy atom. The Balaban J connectivity index is 1.57. The Morgan fingerprint density at radius 1 is 1.00 bits per heavy atom. The summed E-state index contributed by atoms with van der Waals surface area (Å²) in [5.74, 6) is 1.58. The van der Waals surface area contributed by atoms with E-state index in [-0.39, 0.29) is 12.1 Å². The fraction of sp³-hybridized carbons (Fsp3) is 0.192. The molecule has 2 heterocycles. The minimum atomic E-state index is -0.273. The smallest absolute Gasteiger partial charge is 0.322 e. The Kier molecular flexibility index (Phi) is 5.60. The standard InChI is InChI=1S/C26H24ClN3O3/c1-32-19-9-3-16(4-10-19)25-24-21(22-15-20(33-2)11-12-23(22)29-24)13-14-30(25)26(31)28-18-7-5-17(27)6-8-18/h3-12,15,25,29H,13-14H2,1-2H3,(H,28,31)/t25-/m1/s1. The van der Waals surface area contributed by atoms with E-state index in [4.69, 9.17) is 21.1 Å². The van der Waals surface area contributed by atoms with Gasteiger partial charge in [0.05, 0.1) is 20.3 Å². The highest BCUT2D eigenvalue weighted by Gasteiger charge is 2.34. The molecule has 0 radical (unpaired) electrons. The Morgan fingerprint density at radius 3 is 2.39 bits per heavy atom. The summed E-state index contributed by atoms with van der Waals surface area (Å²) in [4.78, 5) is 18.8. The summed E-state index contributed by atoms with van der Waals surface area (Å²) in [6.45, 7) is 0.577. The molecule has 5 rings (SSSR count). The van der Waals surface area contributed by atoms with Crippen LogP contribution in [0.2, 0.25) is 5.02 Å². The molecule has 3 aromatic carbocycles. The fourth-order valence-corrected chi connectivity index (χ4v) is 4.60. The summed E-state index contributed by atoms with van der Waals surface area (Å²) in [6.07, 6.45) is 0.739. The molecule has 7 heteroatoms. The number of hydrogen-bond acceptors (Lipinski definition) is 3. The van der Waals surface area contributed by atoms with Crippen molar-refractivity contribution in [3.8, 4) is 11.5 Å². The van der Waals surface area contributed by atoms with Crippen molar-refractivity contribution in [3.63, 3.8) is 0 Å². The van der Waals surface area contributed by atoms with Gasteiger partial charge in [-0.15, -0.1) is 0 Å². The van der Waals surface area contributed by atoms with Crippen molar-refractivity contribution in [3.05, 3.63) is 88.6 Å². The number of nitrogens with one attached hydrogen (secondary N) is 2. The van der Waals surface area contributed by atoms with Gasteiger partial charge in [0.2, 0.25) is 0 Å². The molecule has 0 spiro atoms. The van der Waals surface area contributed by atoms with Crippen LogP contribution in [0, 0.1) is 0 Å². The second kappa shape index (κ2) is 8.71. The number of hydrogen-bond donors (Lipinski definition) is 2. The molecule has 2 amide bonds. The summed E-state index contributed by atoms with van der Waals surface area (Å²) in [6, 6.07) is 20.6. The van der Waals surface area contributed by atoms with E-state index in [2.05, 4.69) is 16.4 Å². The number of carbonyl (C=O) groups excluding carboxylic acids is 1. The number of halogens is 1. The third kappa shape index (κ3) is 3.98. The lowest BCUT2D eigenvalue weighted by Gasteiger charge is -2.36. The van der Waals surface area contributed by atoms with Gasteiger partial charge in [-0.3, -0.25) is 0 Å². The molecule has 0 saturated heterocycles. The van der Waals surface area contributed by atoms with Crippen LogP contribution in [0.15, 0.2) is 66.7 Å². The van der Waals surface area contributed by atoms with Gasteiger partial charge in [0.15, 0.2) is 0 Å². The Labute approximate surface area is 197 Å². The molecule has 1 atom stereocenters. The second-order valence-corrected chi connectivity index (χ2v) is 8.42. The number of ether oxygens (including phenoxy) is 2. The first-order valence-corrected chi connectivity index (χ1v) is 11.1. The van der Waals surface area contributed by atoms with E-state index in [0.717, 1.165) is 40.1 Å². The largest absolute Gasteiger partial charge is 0.497 e. The molecule has 1 aliphatic heterocycles. The number of aromatic amines is 1. The molecule has 4 aromatic rings. The number of amides is 2.